The van der Waals surface area contributed by atoms with Gasteiger partial charge in [0, 0.05) is 25.2 Å². The Hall–Kier alpha value is -3.62. The van der Waals surface area contributed by atoms with Crippen molar-refractivity contribution in [3.05, 3.63) is 60.1 Å². The van der Waals surface area contributed by atoms with Gasteiger partial charge in [0.1, 0.15) is 17.3 Å². The Labute approximate surface area is 180 Å². The second-order valence-electron chi connectivity index (χ2n) is 7.47. The highest BCUT2D eigenvalue weighted by Crippen LogP contribution is 2.26. The fraction of sp³-hybridized carbons (Fsp3) is 0.364. The smallest absolute Gasteiger partial charge is 0.276 e. The van der Waals surface area contributed by atoms with Crippen molar-refractivity contribution in [3.8, 4) is 5.75 Å². The summed E-state index contributed by atoms with van der Waals surface area (Å²) in [6, 6.07) is 12.9. The maximum Gasteiger partial charge on any atom is 0.276 e. The summed E-state index contributed by atoms with van der Waals surface area (Å²) in [5, 5.41) is 11.1. The first-order chi connectivity index (χ1) is 15.1. The number of ether oxygens (including phenoxy) is 1. The number of aryl methyl sites for hydroxylation is 1. The molecule has 162 valence electrons. The van der Waals surface area contributed by atoms with E-state index in [0.717, 1.165) is 18.6 Å². The van der Waals surface area contributed by atoms with Crippen molar-refractivity contribution < 1.29 is 18.8 Å². The van der Waals surface area contributed by atoms with Crippen LogP contribution in [0.5, 0.6) is 5.75 Å². The van der Waals surface area contributed by atoms with Gasteiger partial charge in [-0.25, -0.2) is 4.68 Å². The van der Waals surface area contributed by atoms with E-state index in [1.54, 1.807) is 30.2 Å². The molecule has 1 aromatic carbocycles. The van der Waals surface area contributed by atoms with Crippen LogP contribution >= 0.6 is 0 Å². The van der Waals surface area contributed by atoms with Gasteiger partial charge in [-0.2, -0.15) is 5.10 Å². The maximum atomic E-state index is 12.5. The van der Waals surface area contributed by atoms with Crippen molar-refractivity contribution in [2.75, 3.05) is 25.0 Å². The number of benzene rings is 1. The number of nitrogens with one attached hydrogen (secondary N) is 1. The molecule has 9 heteroatoms. The van der Waals surface area contributed by atoms with Gasteiger partial charge in [0.15, 0.2) is 5.69 Å². The normalized spacial score (nSPS) is 14.4. The minimum Gasteiger partial charge on any atom is -0.493 e. The molecule has 0 unspecified atom stereocenters. The molecule has 3 heterocycles. The van der Waals surface area contributed by atoms with Crippen LogP contribution in [0.15, 0.2) is 53.2 Å². The molecule has 0 saturated carbocycles. The zero-order valence-corrected chi connectivity index (χ0v) is 17.4. The van der Waals surface area contributed by atoms with Crippen molar-refractivity contribution >= 4 is 17.6 Å². The lowest BCUT2D eigenvalue weighted by molar-refractivity contribution is -0.116. The summed E-state index contributed by atoms with van der Waals surface area (Å²) >= 11 is 0. The molecule has 3 aromatic rings. The zero-order chi connectivity index (χ0) is 21.6. The lowest BCUT2D eigenvalue weighted by atomic mass is 10.0. The van der Waals surface area contributed by atoms with E-state index in [1.165, 1.54) is 0 Å². The van der Waals surface area contributed by atoms with Gasteiger partial charge in [0.2, 0.25) is 5.91 Å². The number of anilines is 1. The van der Waals surface area contributed by atoms with Crippen LogP contribution in [-0.4, -0.2) is 51.3 Å². The molecular formula is C22H25N5O4. The summed E-state index contributed by atoms with van der Waals surface area (Å²) in [4.78, 5) is 26.6. The Morgan fingerprint density at radius 3 is 2.68 bits per heavy atom. The Balaban J connectivity index is 1.27. The molecule has 0 spiro atoms. The maximum absolute atomic E-state index is 12.5. The van der Waals surface area contributed by atoms with Crippen molar-refractivity contribution in [1.82, 2.24) is 19.8 Å². The number of rotatable bonds is 7. The molecular weight excluding hydrogens is 398 g/mol. The Bertz CT molecular complexity index is 1020. The molecule has 9 nitrogen and oxygen atoms in total. The SMILES string of the molecule is Cc1cc(C(=O)N2CCC(n3nccc3NC(=O)CCOc3ccccc3)CC2)no1. The molecule has 0 atom stereocenters. The number of nitrogens with zero attached hydrogens (tertiary/aromatic N) is 4. The number of carbonyl (C=O) groups excluding carboxylic acids is 2. The first-order valence-corrected chi connectivity index (χ1v) is 10.3. The van der Waals surface area contributed by atoms with Crippen LogP contribution in [0, 0.1) is 6.92 Å². The van der Waals surface area contributed by atoms with Crippen molar-refractivity contribution in [3.63, 3.8) is 0 Å². The summed E-state index contributed by atoms with van der Waals surface area (Å²) in [6.45, 7) is 3.24. The number of hydrogen-bond acceptors (Lipinski definition) is 6. The number of hydrogen-bond donors (Lipinski definition) is 1. The van der Waals surface area contributed by atoms with E-state index in [1.807, 2.05) is 35.0 Å². The average molecular weight is 423 g/mol. The molecule has 0 radical (unpaired) electrons. The highest BCUT2D eigenvalue weighted by molar-refractivity contribution is 5.92. The largest absolute Gasteiger partial charge is 0.493 e. The minimum absolute atomic E-state index is 0.106. The van der Waals surface area contributed by atoms with Gasteiger partial charge in [0.05, 0.1) is 25.3 Å². The Kier molecular flexibility index (Phi) is 6.30. The number of piperidine rings is 1. The number of carbonyl (C=O) groups is 2. The number of aromatic nitrogens is 3. The molecule has 1 N–H and O–H groups in total. The molecule has 1 aliphatic heterocycles. The molecule has 1 fully saturated rings. The molecule has 2 amide bonds. The summed E-state index contributed by atoms with van der Waals surface area (Å²) in [5.41, 5.74) is 0.334. The molecule has 1 saturated heterocycles. The van der Waals surface area contributed by atoms with Gasteiger partial charge < -0.3 is 19.5 Å². The van der Waals surface area contributed by atoms with Crippen LogP contribution in [0.2, 0.25) is 0 Å². The molecule has 1 aliphatic rings. The number of para-hydroxylation sites is 1. The Morgan fingerprint density at radius 1 is 1.19 bits per heavy atom. The van der Waals surface area contributed by atoms with Gasteiger partial charge in [-0.15, -0.1) is 0 Å². The van der Waals surface area contributed by atoms with E-state index in [-0.39, 0.29) is 24.3 Å². The lowest BCUT2D eigenvalue weighted by Gasteiger charge is -2.32. The van der Waals surface area contributed by atoms with Crippen molar-refractivity contribution in [2.45, 2.75) is 32.2 Å². The molecule has 4 rings (SSSR count). The summed E-state index contributed by atoms with van der Waals surface area (Å²) < 4.78 is 12.4. The van der Waals surface area contributed by atoms with Crippen LogP contribution < -0.4 is 10.1 Å². The fourth-order valence-electron chi connectivity index (χ4n) is 3.63. The Morgan fingerprint density at radius 2 is 1.97 bits per heavy atom. The predicted octanol–water partition coefficient (Wildman–Crippen LogP) is 3.06. The van der Waals surface area contributed by atoms with Crippen LogP contribution in [0.25, 0.3) is 0 Å². The monoisotopic (exact) mass is 423 g/mol. The van der Waals surface area contributed by atoms with E-state index >= 15 is 0 Å². The van der Waals surface area contributed by atoms with E-state index < -0.39 is 0 Å². The highest BCUT2D eigenvalue weighted by atomic mass is 16.5. The van der Waals surface area contributed by atoms with Crippen LogP contribution in [0.3, 0.4) is 0 Å². The van der Waals surface area contributed by atoms with Crippen LogP contribution in [-0.2, 0) is 4.79 Å². The van der Waals surface area contributed by atoms with Gasteiger partial charge in [-0.05, 0) is 31.9 Å². The topological polar surface area (TPSA) is 102 Å². The third kappa shape index (κ3) is 5.11. The summed E-state index contributed by atoms with van der Waals surface area (Å²) in [7, 11) is 0. The third-order valence-electron chi connectivity index (χ3n) is 5.22. The molecule has 31 heavy (non-hydrogen) atoms. The first kappa shape index (κ1) is 20.6. The number of amides is 2. The highest BCUT2D eigenvalue weighted by Gasteiger charge is 2.27. The first-order valence-electron chi connectivity index (χ1n) is 10.3. The fourth-order valence-corrected chi connectivity index (χ4v) is 3.63. The lowest BCUT2D eigenvalue weighted by Crippen LogP contribution is -2.39. The predicted molar refractivity (Wildman–Crippen MR) is 113 cm³/mol. The van der Waals surface area contributed by atoms with E-state index in [4.69, 9.17) is 9.26 Å². The van der Waals surface area contributed by atoms with E-state index in [9.17, 15) is 9.59 Å². The quantitative estimate of drug-likeness (QED) is 0.627. The number of likely N-dealkylation sites (tertiary alicyclic amines) is 1. The van der Waals surface area contributed by atoms with Gasteiger partial charge >= 0.3 is 0 Å². The standard InChI is InChI=1S/C22H25N5O4/c1-16-15-19(25-31-16)22(29)26-12-8-17(9-13-26)27-20(7-11-23-27)24-21(28)10-14-30-18-5-3-2-4-6-18/h2-7,11,15,17H,8-10,12-14H2,1H3,(H,24,28). The van der Waals surface area contributed by atoms with Gasteiger partial charge in [-0.3, -0.25) is 9.59 Å². The summed E-state index contributed by atoms with van der Waals surface area (Å²) in [6.07, 6.45) is 3.39. The molecule has 2 aromatic heterocycles. The third-order valence-corrected chi connectivity index (χ3v) is 5.22. The van der Waals surface area contributed by atoms with Gasteiger partial charge in [0.25, 0.3) is 5.91 Å². The average Bonchev–Trinajstić information content (AvgIpc) is 3.43. The van der Waals surface area contributed by atoms with Crippen molar-refractivity contribution in [2.24, 2.45) is 0 Å². The second-order valence-corrected chi connectivity index (χ2v) is 7.47. The zero-order valence-electron chi connectivity index (χ0n) is 17.4. The van der Waals surface area contributed by atoms with Crippen LogP contribution in [0.1, 0.15) is 41.6 Å². The second kappa shape index (κ2) is 9.46. The van der Waals surface area contributed by atoms with E-state index in [2.05, 4.69) is 15.6 Å². The molecule has 0 bridgehead atoms. The minimum atomic E-state index is -0.133. The van der Waals surface area contributed by atoms with Crippen molar-refractivity contribution in [1.29, 1.82) is 0 Å². The van der Waals surface area contributed by atoms with Crippen LogP contribution in [0.4, 0.5) is 5.82 Å². The van der Waals surface area contributed by atoms with Gasteiger partial charge in [-0.1, -0.05) is 23.4 Å². The van der Waals surface area contributed by atoms with E-state index in [0.29, 0.717) is 37.0 Å². The summed E-state index contributed by atoms with van der Waals surface area (Å²) in [5.74, 6) is 1.75. The molecule has 0 aliphatic carbocycles.